The summed E-state index contributed by atoms with van der Waals surface area (Å²) in [7, 11) is 0. The van der Waals surface area contributed by atoms with Crippen LogP contribution in [0.5, 0.6) is 0 Å². The second-order valence-corrected chi connectivity index (χ2v) is 6.47. The molecule has 1 aliphatic heterocycles. The molecule has 4 heteroatoms. The van der Waals surface area contributed by atoms with Crippen LogP contribution >= 0.6 is 11.6 Å². The highest BCUT2D eigenvalue weighted by atomic mass is 35.5. The average Bonchev–Trinajstić information content (AvgIpc) is 3.25. The molecule has 0 radical (unpaired) electrons. The minimum atomic E-state index is -0.183. The largest absolute Gasteiger partial charge is 0.312 e. The third kappa shape index (κ3) is 3.72. The zero-order valence-electron chi connectivity index (χ0n) is 11.7. The number of nitrogens with one attached hydrogen (secondary N) is 1. The lowest BCUT2D eigenvalue weighted by molar-refractivity contribution is 0.135. The van der Waals surface area contributed by atoms with E-state index in [4.69, 9.17) is 11.6 Å². The summed E-state index contributed by atoms with van der Waals surface area (Å²) in [4.78, 5) is 2.42. The lowest BCUT2D eigenvalue weighted by atomic mass is 10.0. The lowest BCUT2D eigenvalue weighted by Gasteiger charge is -2.36. The molecule has 1 aliphatic carbocycles. The molecule has 1 atom stereocenters. The Morgan fingerprint density at radius 2 is 2.10 bits per heavy atom. The maximum atomic E-state index is 13.9. The van der Waals surface area contributed by atoms with Gasteiger partial charge in [0.2, 0.25) is 0 Å². The van der Waals surface area contributed by atoms with Crippen LogP contribution in [0.4, 0.5) is 4.39 Å². The van der Waals surface area contributed by atoms with Gasteiger partial charge < -0.3 is 5.32 Å². The lowest BCUT2D eigenvalue weighted by Crippen LogP contribution is -2.45. The second-order valence-electron chi connectivity index (χ2n) is 6.04. The second kappa shape index (κ2) is 6.42. The molecular weight excluding hydrogens is 275 g/mol. The molecule has 1 saturated carbocycles. The molecule has 1 saturated heterocycles. The van der Waals surface area contributed by atoms with E-state index < -0.39 is 0 Å². The van der Waals surface area contributed by atoms with Crippen LogP contribution in [0, 0.1) is 5.82 Å². The standard InChI is InChI=1S/C16H22ClFN2/c17-13-5-4-12(16(18)9-13)11-20-8-2-1-3-15(20)10-19-14-6-7-14/h4-5,9,14-15,19H,1-3,6-8,10-11H2. The molecule has 2 nitrogen and oxygen atoms in total. The van der Waals surface area contributed by atoms with E-state index in [0.29, 0.717) is 17.6 Å². The van der Waals surface area contributed by atoms with Crippen molar-refractivity contribution in [2.75, 3.05) is 13.1 Å². The van der Waals surface area contributed by atoms with Gasteiger partial charge in [0.15, 0.2) is 0 Å². The van der Waals surface area contributed by atoms with Crippen molar-refractivity contribution in [2.45, 2.75) is 50.7 Å². The van der Waals surface area contributed by atoms with Gasteiger partial charge in [0.1, 0.15) is 5.82 Å². The first-order valence-electron chi connectivity index (χ1n) is 7.64. The van der Waals surface area contributed by atoms with Crippen LogP contribution in [0.15, 0.2) is 18.2 Å². The summed E-state index contributed by atoms with van der Waals surface area (Å²) in [5.41, 5.74) is 0.757. The van der Waals surface area contributed by atoms with Crippen LogP contribution in [0.2, 0.25) is 5.02 Å². The highest BCUT2D eigenvalue weighted by Crippen LogP contribution is 2.24. The molecule has 3 rings (SSSR count). The number of piperidine rings is 1. The van der Waals surface area contributed by atoms with Gasteiger partial charge in [0, 0.05) is 35.8 Å². The van der Waals surface area contributed by atoms with Crippen LogP contribution < -0.4 is 5.32 Å². The van der Waals surface area contributed by atoms with Gasteiger partial charge in [-0.25, -0.2) is 4.39 Å². The smallest absolute Gasteiger partial charge is 0.129 e. The van der Waals surface area contributed by atoms with E-state index >= 15 is 0 Å². The van der Waals surface area contributed by atoms with Crippen molar-refractivity contribution in [3.8, 4) is 0 Å². The number of halogens is 2. The fraction of sp³-hybridized carbons (Fsp3) is 0.625. The normalized spacial score (nSPS) is 24.0. The number of likely N-dealkylation sites (tertiary alicyclic amines) is 1. The van der Waals surface area contributed by atoms with Crippen molar-refractivity contribution in [1.82, 2.24) is 10.2 Å². The minimum Gasteiger partial charge on any atom is -0.312 e. The molecule has 1 N–H and O–H groups in total. The first-order valence-corrected chi connectivity index (χ1v) is 8.01. The Kier molecular flexibility index (Phi) is 4.59. The van der Waals surface area contributed by atoms with E-state index in [0.717, 1.165) is 24.7 Å². The molecule has 110 valence electrons. The molecule has 0 bridgehead atoms. The fourth-order valence-electron chi connectivity index (χ4n) is 2.96. The predicted octanol–water partition coefficient (Wildman–Crippen LogP) is 3.59. The Hall–Kier alpha value is -0.640. The number of nitrogens with zero attached hydrogens (tertiary/aromatic N) is 1. The molecule has 2 fully saturated rings. The molecule has 20 heavy (non-hydrogen) atoms. The molecule has 0 amide bonds. The summed E-state index contributed by atoms with van der Waals surface area (Å²) in [6, 6.07) is 6.29. The maximum Gasteiger partial charge on any atom is 0.129 e. The van der Waals surface area contributed by atoms with Gasteiger partial charge in [-0.3, -0.25) is 4.90 Å². The summed E-state index contributed by atoms with van der Waals surface area (Å²) in [5.74, 6) is -0.183. The number of rotatable bonds is 5. The van der Waals surface area contributed by atoms with Crippen molar-refractivity contribution in [2.24, 2.45) is 0 Å². The third-order valence-corrected chi connectivity index (χ3v) is 4.59. The first-order chi connectivity index (χ1) is 9.72. The maximum absolute atomic E-state index is 13.9. The molecule has 0 aromatic heterocycles. The molecule has 0 spiro atoms. The van der Waals surface area contributed by atoms with E-state index in [1.807, 2.05) is 6.07 Å². The summed E-state index contributed by atoms with van der Waals surface area (Å²) in [6.07, 6.45) is 6.36. The van der Waals surface area contributed by atoms with Crippen LogP contribution in [-0.4, -0.2) is 30.1 Å². The Balaban J connectivity index is 1.62. The van der Waals surface area contributed by atoms with E-state index in [2.05, 4.69) is 10.2 Å². The third-order valence-electron chi connectivity index (χ3n) is 4.36. The zero-order valence-corrected chi connectivity index (χ0v) is 12.5. The van der Waals surface area contributed by atoms with Crippen LogP contribution in [0.1, 0.15) is 37.7 Å². The Morgan fingerprint density at radius 1 is 1.25 bits per heavy atom. The van der Waals surface area contributed by atoms with Crippen molar-refractivity contribution >= 4 is 11.6 Å². The predicted molar refractivity (Wildman–Crippen MR) is 80.5 cm³/mol. The Labute approximate surface area is 125 Å². The number of hydrogen-bond acceptors (Lipinski definition) is 2. The van der Waals surface area contributed by atoms with Crippen molar-refractivity contribution in [3.05, 3.63) is 34.6 Å². The van der Waals surface area contributed by atoms with Gasteiger partial charge in [-0.1, -0.05) is 24.1 Å². The fourth-order valence-corrected chi connectivity index (χ4v) is 3.12. The van der Waals surface area contributed by atoms with E-state index in [1.165, 1.54) is 38.2 Å². The molecule has 1 aromatic carbocycles. The van der Waals surface area contributed by atoms with Gasteiger partial charge in [-0.15, -0.1) is 0 Å². The van der Waals surface area contributed by atoms with E-state index in [-0.39, 0.29) is 5.82 Å². The van der Waals surface area contributed by atoms with E-state index in [1.54, 1.807) is 6.07 Å². The molecule has 1 heterocycles. The Morgan fingerprint density at radius 3 is 2.85 bits per heavy atom. The topological polar surface area (TPSA) is 15.3 Å². The van der Waals surface area contributed by atoms with Crippen molar-refractivity contribution < 1.29 is 4.39 Å². The number of hydrogen-bond donors (Lipinski definition) is 1. The van der Waals surface area contributed by atoms with Gasteiger partial charge in [-0.05, 0) is 44.4 Å². The summed E-state index contributed by atoms with van der Waals surface area (Å²) < 4.78 is 13.9. The van der Waals surface area contributed by atoms with Gasteiger partial charge >= 0.3 is 0 Å². The molecule has 1 unspecified atom stereocenters. The highest BCUT2D eigenvalue weighted by Gasteiger charge is 2.26. The molecule has 1 aromatic rings. The first kappa shape index (κ1) is 14.3. The summed E-state index contributed by atoms with van der Waals surface area (Å²) in [5, 5.41) is 4.08. The van der Waals surface area contributed by atoms with Crippen molar-refractivity contribution in [3.63, 3.8) is 0 Å². The molecule has 2 aliphatic rings. The van der Waals surface area contributed by atoms with Crippen LogP contribution in [-0.2, 0) is 6.54 Å². The zero-order chi connectivity index (χ0) is 13.9. The van der Waals surface area contributed by atoms with Gasteiger partial charge in [0.25, 0.3) is 0 Å². The van der Waals surface area contributed by atoms with Gasteiger partial charge in [0.05, 0.1) is 0 Å². The quantitative estimate of drug-likeness (QED) is 0.893. The summed E-state index contributed by atoms with van der Waals surface area (Å²) >= 11 is 5.82. The average molecular weight is 297 g/mol. The van der Waals surface area contributed by atoms with Gasteiger partial charge in [-0.2, -0.15) is 0 Å². The van der Waals surface area contributed by atoms with Crippen LogP contribution in [0.3, 0.4) is 0 Å². The SMILES string of the molecule is Fc1cc(Cl)ccc1CN1CCCCC1CNC1CC1. The Bertz CT molecular complexity index is 462. The van der Waals surface area contributed by atoms with Crippen molar-refractivity contribution in [1.29, 1.82) is 0 Å². The minimum absolute atomic E-state index is 0.183. The molecular formula is C16H22ClFN2. The van der Waals surface area contributed by atoms with Crippen LogP contribution in [0.25, 0.3) is 0 Å². The summed E-state index contributed by atoms with van der Waals surface area (Å²) in [6.45, 7) is 2.80. The highest BCUT2D eigenvalue weighted by molar-refractivity contribution is 6.30. The monoisotopic (exact) mass is 296 g/mol. The number of benzene rings is 1. The van der Waals surface area contributed by atoms with E-state index in [9.17, 15) is 4.39 Å².